The minimum absolute atomic E-state index is 0.0856. The highest BCUT2D eigenvalue weighted by Gasteiger charge is 2.30. The van der Waals surface area contributed by atoms with Gasteiger partial charge >= 0.3 is 0 Å². The van der Waals surface area contributed by atoms with Crippen LogP contribution in [0.2, 0.25) is 5.02 Å². The first-order chi connectivity index (χ1) is 11.7. The molecule has 0 unspecified atom stereocenters. The third kappa shape index (κ3) is 2.52. The van der Waals surface area contributed by atoms with E-state index in [2.05, 4.69) is 0 Å². The molecule has 120 valence electrons. The highest BCUT2D eigenvalue weighted by molar-refractivity contribution is 8.00. The van der Waals surface area contributed by atoms with Gasteiger partial charge in [-0.1, -0.05) is 23.7 Å². The number of thioether (sulfide) groups is 1. The molecule has 2 aromatic carbocycles. The van der Waals surface area contributed by atoms with E-state index in [9.17, 15) is 4.79 Å². The number of hydrogen-bond acceptors (Lipinski definition) is 3. The lowest BCUT2D eigenvalue weighted by molar-refractivity contribution is 0.0983. The molecule has 2 heterocycles. The Labute approximate surface area is 149 Å². The van der Waals surface area contributed by atoms with Crippen LogP contribution in [0.4, 0.5) is 0 Å². The minimum Gasteiger partial charge on any atom is -0.497 e. The van der Waals surface area contributed by atoms with Crippen LogP contribution in [0, 0.1) is 0 Å². The summed E-state index contributed by atoms with van der Waals surface area (Å²) in [5.41, 5.74) is 2.57. The summed E-state index contributed by atoms with van der Waals surface area (Å²) in [7, 11) is 1.63. The Bertz CT molecular complexity index is 917. The van der Waals surface area contributed by atoms with Crippen LogP contribution in [0.5, 0.6) is 5.75 Å². The second kappa shape index (κ2) is 6.04. The second-order valence-electron chi connectivity index (χ2n) is 5.51. The first kappa shape index (κ1) is 15.4. The zero-order valence-electron chi connectivity index (χ0n) is 12.9. The molecular formula is C19H14ClNO2S. The number of ether oxygens (including phenoxy) is 1. The van der Waals surface area contributed by atoms with Gasteiger partial charge in [0.05, 0.1) is 23.7 Å². The number of carbonyl (C=O) groups is 1. The van der Waals surface area contributed by atoms with Crippen LogP contribution in [0.15, 0.2) is 65.7 Å². The van der Waals surface area contributed by atoms with Crippen LogP contribution in [0.1, 0.15) is 21.3 Å². The molecule has 0 saturated heterocycles. The average molecular weight is 356 g/mol. The Kier molecular flexibility index (Phi) is 3.87. The van der Waals surface area contributed by atoms with Crippen LogP contribution < -0.4 is 4.74 Å². The van der Waals surface area contributed by atoms with Crippen LogP contribution >= 0.6 is 23.4 Å². The number of methoxy groups -OCH3 is 1. The van der Waals surface area contributed by atoms with Crippen molar-refractivity contribution >= 4 is 29.1 Å². The fourth-order valence-electron chi connectivity index (χ4n) is 2.88. The summed E-state index contributed by atoms with van der Waals surface area (Å²) < 4.78 is 7.13. The summed E-state index contributed by atoms with van der Waals surface area (Å²) in [6.45, 7) is 0. The van der Waals surface area contributed by atoms with Gasteiger partial charge in [-0.2, -0.15) is 0 Å². The van der Waals surface area contributed by atoms with Gasteiger partial charge in [0.1, 0.15) is 5.75 Å². The van der Waals surface area contributed by atoms with Crippen LogP contribution in [0.3, 0.4) is 0 Å². The van der Waals surface area contributed by atoms with E-state index < -0.39 is 0 Å². The number of benzene rings is 2. The third-order valence-corrected chi connectivity index (χ3v) is 5.64. The molecule has 0 fully saturated rings. The van der Waals surface area contributed by atoms with E-state index in [0.29, 0.717) is 10.7 Å². The summed E-state index contributed by atoms with van der Waals surface area (Å²) in [5.74, 6) is 0.864. The van der Waals surface area contributed by atoms with E-state index in [4.69, 9.17) is 16.3 Å². The number of fused-ring (bicyclic) bond motifs is 3. The first-order valence-corrected chi connectivity index (χ1v) is 8.75. The van der Waals surface area contributed by atoms with Gasteiger partial charge in [-0.3, -0.25) is 4.79 Å². The Hall–Kier alpha value is -2.17. The predicted octanol–water partition coefficient (Wildman–Crippen LogP) is 5.17. The fourth-order valence-corrected chi connectivity index (χ4v) is 4.25. The molecule has 0 saturated carbocycles. The van der Waals surface area contributed by atoms with Crippen molar-refractivity contribution in [3.05, 3.63) is 77.1 Å². The molecule has 0 amide bonds. The van der Waals surface area contributed by atoms with Gasteiger partial charge in [-0.15, -0.1) is 11.8 Å². The predicted molar refractivity (Wildman–Crippen MR) is 96.7 cm³/mol. The number of rotatable bonds is 2. The summed E-state index contributed by atoms with van der Waals surface area (Å²) in [6, 6.07) is 17.1. The van der Waals surface area contributed by atoms with Crippen LogP contribution in [-0.4, -0.2) is 17.5 Å². The molecule has 1 aromatic heterocycles. The smallest absolute Gasteiger partial charge is 0.197 e. The van der Waals surface area contributed by atoms with E-state index in [1.165, 1.54) is 0 Å². The normalized spacial score (nSPS) is 16.2. The Balaban J connectivity index is 1.86. The molecule has 1 atom stereocenters. The molecule has 0 aliphatic carbocycles. The van der Waals surface area contributed by atoms with Gasteiger partial charge in [0.2, 0.25) is 0 Å². The molecule has 3 nitrogen and oxygen atoms in total. The number of halogens is 1. The van der Waals surface area contributed by atoms with E-state index in [-0.39, 0.29) is 11.0 Å². The monoisotopic (exact) mass is 355 g/mol. The zero-order valence-corrected chi connectivity index (χ0v) is 14.5. The standard InChI is InChI=1S/C19H14ClNO2S/c1-23-14-7-4-12(5-8-14)19-18(22)15-3-2-10-21(15)16-11-13(20)6-9-17(16)24-19/h2-11,19H,1H3/t19-/m0/s1. The Morgan fingerprint density at radius 1 is 1.12 bits per heavy atom. The molecule has 4 rings (SSSR count). The third-order valence-electron chi connectivity index (χ3n) is 4.08. The molecule has 0 spiro atoms. The van der Waals surface area contributed by atoms with Crippen molar-refractivity contribution < 1.29 is 9.53 Å². The van der Waals surface area contributed by atoms with E-state index >= 15 is 0 Å². The SMILES string of the molecule is COc1ccc([C@@H]2Sc3ccc(Cl)cc3-n3cccc3C2=O)cc1. The van der Waals surface area contributed by atoms with Crippen molar-refractivity contribution in [1.29, 1.82) is 0 Å². The van der Waals surface area contributed by atoms with Crippen molar-refractivity contribution in [3.63, 3.8) is 0 Å². The first-order valence-electron chi connectivity index (χ1n) is 7.49. The van der Waals surface area contributed by atoms with E-state index in [0.717, 1.165) is 21.9 Å². The number of aromatic nitrogens is 1. The molecule has 0 bridgehead atoms. The number of carbonyl (C=O) groups excluding carboxylic acids is 1. The summed E-state index contributed by atoms with van der Waals surface area (Å²) in [6.07, 6.45) is 1.90. The lowest BCUT2D eigenvalue weighted by atomic mass is 10.1. The van der Waals surface area contributed by atoms with Crippen molar-refractivity contribution in [2.45, 2.75) is 10.1 Å². The van der Waals surface area contributed by atoms with E-state index in [1.54, 1.807) is 18.9 Å². The topological polar surface area (TPSA) is 31.2 Å². The lowest BCUT2D eigenvalue weighted by Gasteiger charge is -2.14. The molecule has 3 aromatic rings. The molecule has 0 radical (unpaired) electrons. The fraction of sp³-hybridized carbons (Fsp3) is 0.105. The van der Waals surface area contributed by atoms with Gasteiger partial charge in [-0.25, -0.2) is 0 Å². The van der Waals surface area contributed by atoms with Crippen LogP contribution in [0.25, 0.3) is 5.69 Å². The number of ketones is 1. The largest absolute Gasteiger partial charge is 0.497 e. The van der Waals surface area contributed by atoms with E-state index in [1.807, 2.05) is 65.4 Å². The molecule has 24 heavy (non-hydrogen) atoms. The Morgan fingerprint density at radius 3 is 2.67 bits per heavy atom. The minimum atomic E-state index is -0.299. The van der Waals surface area contributed by atoms with Gasteiger partial charge < -0.3 is 9.30 Å². The maximum Gasteiger partial charge on any atom is 0.197 e. The van der Waals surface area contributed by atoms with Crippen molar-refractivity contribution in [3.8, 4) is 11.4 Å². The highest BCUT2D eigenvalue weighted by atomic mass is 35.5. The van der Waals surface area contributed by atoms with Gasteiger partial charge in [0, 0.05) is 16.1 Å². The number of nitrogens with zero attached hydrogens (tertiary/aromatic N) is 1. The zero-order chi connectivity index (χ0) is 16.7. The highest BCUT2D eigenvalue weighted by Crippen LogP contribution is 2.44. The van der Waals surface area contributed by atoms with Crippen molar-refractivity contribution in [2.75, 3.05) is 7.11 Å². The molecular weight excluding hydrogens is 342 g/mol. The maximum atomic E-state index is 13.1. The average Bonchev–Trinajstić information content (AvgIpc) is 3.06. The molecule has 0 N–H and O–H groups in total. The molecule has 5 heteroatoms. The number of Topliss-reactive ketones (excluding diaryl/α,β-unsaturated/α-hetero) is 1. The second-order valence-corrected chi connectivity index (χ2v) is 7.09. The van der Waals surface area contributed by atoms with Crippen LogP contribution in [-0.2, 0) is 0 Å². The number of hydrogen-bond donors (Lipinski definition) is 0. The van der Waals surface area contributed by atoms with Crippen molar-refractivity contribution in [1.82, 2.24) is 4.57 Å². The summed E-state index contributed by atoms with van der Waals surface area (Å²) in [5, 5.41) is 0.358. The van der Waals surface area contributed by atoms with Crippen molar-refractivity contribution in [2.24, 2.45) is 0 Å². The van der Waals surface area contributed by atoms with Gasteiger partial charge in [0.25, 0.3) is 0 Å². The lowest BCUT2D eigenvalue weighted by Crippen LogP contribution is -2.11. The van der Waals surface area contributed by atoms with Gasteiger partial charge in [-0.05, 0) is 48.0 Å². The quantitative estimate of drug-likeness (QED) is 0.635. The maximum absolute atomic E-state index is 13.1. The molecule has 1 aliphatic rings. The Morgan fingerprint density at radius 2 is 1.92 bits per heavy atom. The summed E-state index contributed by atoms with van der Waals surface area (Å²) >= 11 is 7.72. The summed E-state index contributed by atoms with van der Waals surface area (Å²) in [4.78, 5) is 14.1. The van der Waals surface area contributed by atoms with Gasteiger partial charge in [0.15, 0.2) is 5.78 Å². The molecule has 1 aliphatic heterocycles.